The average Bonchev–Trinajstić information content (AvgIpc) is 3.03. The maximum atomic E-state index is 12.4. The molecule has 2 aromatic rings. The molecule has 4 nitrogen and oxygen atoms in total. The summed E-state index contributed by atoms with van der Waals surface area (Å²) in [5, 5.41) is 6.39. The quantitative estimate of drug-likeness (QED) is 0.811. The second-order valence-electron chi connectivity index (χ2n) is 6.03. The van der Waals surface area contributed by atoms with E-state index in [1.54, 1.807) is 12.4 Å². The Morgan fingerprint density at radius 3 is 2.74 bits per heavy atom. The number of anilines is 2. The van der Waals surface area contributed by atoms with Crippen molar-refractivity contribution in [2.24, 2.45) is 0 Å². The first-order chi connectivity index (χ1) is 11.1. The number of halogens is 1. The number of carbonyl (C=O) groups is 1. The van der Waals surface area contributed by atoms with Crippen molar-refractivity contribution in [3.63, 3.8) is 0 Å². The third-order valence-corrected chi connectivity index (χ3v) is 4.76. The highest BCUT2D eigenvalue weighted by Crippen LogP contribution is 2.25. The van der Waals surface area contributed by atoms with Crippen LogP contribution in [-0.2, 0) is 0 Å². The zero-order chi connectivity index (χ0) is 16.2. The number of amides is 1. The van der Waals surface area contributed by atoms with Gasteiger partial charge in [-0.05, 0) is 59.5 Å². The van der Waals surface area contributed by atoms with Crippen molar-refractivity contribution in [1.29, 1.82) is 0 Å². The third kappa shape index (κ3) is 4.10. The number of carbonyl (C=O) groups excluding carboxylic acids is 1. The summed E-state index contributed by atoms with van der Waals surface area (Å²) in [4.78, 5) is 16.6. The van der Waals surface area contributed by atoms with E-state index in [1.807, 2.05) is 31.2 Å². The van der Waals surface area contributed by atoms with Gasteiger partial charge in [-0.1, -0.05) is 18.9 Å². The Labute approximate surface area is 144 Å². The molecule has 0 aliphatic heterocycles. The Morgan fingerprint density at radius 1 is 1.22 bits per heavy atom. The van der Waals surface area contributed by atoms with Crippen LogP contribution in [0.25, 0.3) is 0 Å². The predicted molar refractivity (Wildman–Crippen MR) is 96.9 cm³/mol. The molecule has 0 unspecified atom stereocenters. The van der Waals surface area contributed by atoms with Gasteiger partial charge < -0.3 is 10.6 Å². The van der Waals surface area contributed by atoms with Gasteiger partial charge in [-0.3, -0.25) is 9.78 Å². The van der Waals surface area contributed by atoms with Gasteiger partial charge in [0.1, 0.15) is 0 Å². The van der Waals surface area contributed by atoms with Crippen molar-refractivity contribution in [2.75, 3.05) is 10.6 Å². The first kappa shape index (κ1) is 16.0. The molecule has 0 bridgehead atoms. The molecule has 0 atom stereocenters. The van der Waals surface area contributed by atoms with Gasteiger partial charge in [0.25, 0.3) is 5.91 Å². The number of nitrogens with zero attached hydrogens (tertiary/aromatic N) is 1. The molecule has 1 fully saturated rings. The molecule has 1 aliphatic carbocycles. The zero-order valence-electron chi connectivity index (χ0n) is 13.1. The Morgan fingerprint density at radius 2 is 2.00 bits per heavy atom. The lowest BCUT2D eigenvalue weighted by molar-refractivity contribution is 0.102. The minimum atomic E-state index is -0.155. The second-order valence-corrected chi connectivity index (χ2v) is 6.88. The molecule has 3 rings (SSSR count). The lowest BCUT2D eigenvalue weighted by Gasteiger charge is -2.14. The normalized spacial score (nSPS) is 14.7. The van der Waals surface area contributed by atoms with Crippen LogP contribution >= 0.6 is 15.9 Å². The van der Waals surface area contributed by atoms with Crippen LogP contribution in [0.5, 0.6) is 0 Å². The van der Waals surface area contributed by atoms with Gasteiger partial charge in [-0.2, -0.15) is 0 Å². The van der Waals surface area contributed by atoms with E-state index in [9.17, 15) is 4.79 Å². The van der Waals surface area contributed by atoms with Crippen LogP contribution < -0.4 is 10.6 Å². The molecule has 5 heteroatoms. The largest absolute Gasteiger partial charge is 0.381 e. The lowest BCUT2D eigenvalue weighted by Crippen LogP contribution is -2.16. The van der Waals surface area contributed by atoms with Crippen molar-refractivity contribution in [3.8, 4) is 0 Å². The van der Waals surface area contributed by atoms with Crippen LogP contribution in [-0.4, -0.2) is 16.9 Å². The van der Waals surface area contributed by atoms with Crippen LogP contribution in [0.4, 0.5) is 11.4 Å². The van der Waals surface area contributed by atoms with Crippen molar-refractivity contribution in [2.45, 2.75) is 38.6 Å². The number of rotatable bonds is 4. The summed E-state index contributed by atoms with van der Waals surface area (Å²) in [7, 11) is 0. The fraction of sp³-hybridized carbons (Fsp3) is 0.333. The van der Waals surface area contributed by atoms with Gasteiger partial charge in [0.15, 0.2) is 0 Å². The lowest BCUT2D eigenvalue weighted by atomic mass is 10.2. The summed E-state index contributed by atoms with van der Waals surface area (Å²) < 4.78 is 0.874. The predicted octanol–water partition coefficient (Wildman–Crippen LogP) is 4.76. The topological polar surface area (TPSA) is 54.0 Å². The van der Waals surface area contributed by atoms with E-state index in [1.165, 1.54) is 25.7 Å². The Balaban J connectivity index is 1.71. The number of benzene rings is 1. The summed E-state index contributed by atoms with van der Waals surface area (Å²) in [5.41, 5.74) is 3.36. The monoisotopic (exact) mass is 373 g/mol. The number of pyridine rings is 1. The van der Waals surface area contributed by atoms with Crippen molar-refractivity contribution < 1.29 is 4.79 Å². The van der Waals surface area contributed by atoms with Gasteiger partial charge >= 0.3 is 0 Å². The fourth-order valence-corrected chi connectivity index (χ4v) is 3.46. The average molecular weight is 374 g/mol. The SMILES string of the molecule is Cc1ccc(NC(=O)c2cncc(NC3CCCC3)c2)c(Br)c1. The molecule has 1 aromatic carbocycles. The van der Waals surface area contributed by atoms with Crippen molar-refractivity contribution in [1.82, 2.24) is 4.98 Å². The van der Waals surface area contributed by atoms with Gasteiger partial charge in [0.05, 0.1) is 16.9 Å². The van der Waals surface area contributed by atoms with Gasteiger partial charge in [-0.15, -0.1) is 0 Å². The van der Waals surface area contributed by atoms with E-state index >= 15 is 0 Å². The Kier molecular flexibility index (Phi) is 4.96. The van der Waals surface area contributed by atoms with E-state index in [4.69, 9.17) is 0 Å². The molecule has 0 spiro atoms. The van der Waals surface area contributed by atoms with E-state index in [2.05, 4.69) is 31.5 Å². The standard InChI is InChI=1S/C18H20BrN3O/c1-12-6-7-17(16(19)8-12)22-18(23)13-9-15(11-20-10-13)21-14-4-2-3-5-14/h6-11,14,21H,2-5H2,1H3,(H,22,23). The summed E-state index contributed by atoms with van der Waals surface area (Å²) in [5.74, 6) is -0.155. The third-order valence-electron chi connectivity index (χ3n) is 4.10. The van der Waals surface area contributed by atoms with Gasteiger partial charge in [0, 0.05) is 22.9 Å². The minimum Gasteiger partial charge on any atom is -0.381 e. The van der Waals surface area contributed by atoms with Crippen molar-refractivity contribution in [3.05, 3.63) is 52.3 Å². The first-order valence-electron chi connectivity index (χ1n) is 7.91. The highest BCUT2D eigenvalue weighted by molar-refractivity contribution is 9.10. The summed E-state index contributed by atoms with van der Waals surface area (Å²) in [6.07, 6.45) is 8.28. The van der Waals surface area contributed by atoms with Crippen LogP contribution in [0.1, 0.15) is 41.6 Å². The molecule has 1 amide bonds. The number of aromatic nitrogens is 1. The van der Waals surface area contributed by atoms with E-state index in [0.29, 0.717) is 11.6 Å². The minimum absolute atomic E-state index is 0.155. The van der Waals surface area contributed by atoms with Crippen molar-refractivity contribution >= 4 is 33.2 Å². The summed E-state index contributed by atoms with van der Waals surface area (Å²) in [6, 6.07) is 8.21. The Hall–Kier alpha value is -1.88. The maximum absolute atomic E-state index is 12.4. The van der Waals surface area contributed by atoms with E-state index < -0.39 is 0 Å². The first-order valence-corrected chi connectivity index (χ1v) is 8.70. The second kappa shape index (κ2) is 7.13. The zero-order valence-corrected chi connectivity index (χ0v) is 14.7. The highest BCUT2D eigenvalue weighted by atomic mass is 79.9. The van der Waals surface area contributed by atoms with Crippen LogP contribution in [0, 0.1) is 6.92 Å². The highest BCUT2D eigenvalue weighted by Gasteiger charge is 2.15. The number of hydrogen-bond acceptors (Lipinski definition) is 3. The Bertz CT molecular complexity index is 711. The van der Waals surface area contributed by atoms with Crippen LogP contribution in [0.3, 0.4) is 0 Å². The molecular weight excluding hydrogens is 354 g/mol. The molecule has 1 aromatic heterocycles. The number of hydrogen-bond donors (Lipinski definition) is 2. The molecule has 1 aliphatic rings. The maximum Gasteiger partial charge on any atom is 0.257 e. The van der Waals surface area contributed by atoms with E-state index in [-0.39, 0.29) is 5.91 Å². The van der Waals surface area contributed by atoms with Crippen LogP contribution in [0.2, 0.25) is 0 Å². The molecular formula is C18H20BrN3O. The summed E-state index contributed by atoms with van der Waals surface area (Å²) >= 11 is 3.48. The van der Waals surface area contributed by atoms with Gasteiger partial charge in [-0.25, -0.2) is 0 Å². The molecule has 1 heterocycles. The molecule has 23 heavy (non-hydrogen) atoms. The van der Waals surface area contributed by atoms with Gasteiger partial charge in [0.2, 0.25) is 0 Å². The molecule has 1 saturated carbocycles. The van der Waals surface area contributed by atoms with Crippen LogP contribution in [0.15, 0.2) is 41.1 Å². The number of nitrogens with one attached hydrogen (secondary N) is 2. The molecule has 0 saturated heterocycles. The smallest absolute Gasteiger partial charge is 0.257 e. The van der Waals surface area contributed by atoms with E-state index in [0.717, 1.165) is 21.4 Å². The molecule has 120 valence electrons. The fourth-order valence-electron chi connectivity index (χ4n) is 2.86. The summed E-state index contributed by atoms with van der Waals surface area (Å²) in [6.45, 7) is 2.01. The molecule has 0 radical (unpaired) electrons. The number of aryl methyl sites for hydroxylation is 1. The molecule has 2 N–H and O–H groups in total.